The molecule has 0 radical (unpaired) electrons. The van der Waals surface area contributed by atoms with Gasteiger partial charge in [-0.1, -0.05) is 0 Å². The Labute approximate surface area is 154 Å². The van der Waals surface area contributed by atoms with Crippen molar-refractivity contribution >= 4 is 23.1 Å². The highest BCUT2D eigenvalue weighted by atomic mass is 16.2. The number of pyridine rings is 1. The summed E-state index contributed by atoms with van der Waals surface area (Å²) in [6, 6.07) is 7.16. The summed E-state index contributed by atoms with van der Waals surface area (Å²) in [7, 11) is 1.54. The molecular formula is C18H15N7O2. The van der Waals surface area contributed by atoms with Gasteiger partial charge in [0.1, 0.15) is 17.1 Å². The zero-order valence-corrected chi connectivity index (χ0v) is 14.5. The summed E-state index contributed by atoms with van der Waals surface area (Å²) < 4.78 is 1.63. The highest BCUT2D eigenvalue weighted by molar-refractivity contribution is 6.01. The van der Waals surface area contributed by atoms with Crippen molar-refractivity contribution in [2.75, 3.05) is 18.5 Å². The Hall–Kier alpha value is -3.80. The quantitative estimate of drug-likeness (QED) is 0.745. The Kier molecular flexibility index (Phi) is 4.01. The molecule has 3 aromatic rings. The van der Waals surface area contributed by atoms with Gasteiger partial charge in [0.25, 0.3) is 5.91 Å². The topological polar surface area (TPSA) is 116 Å². The molecule has 134 valence electrons. The van der Waals surface area contributed by atoms with Crippen molar-refractivity contribution in [2.45, 2.75) is 6.42 Å². The van der Waals surface area contributed by atoms with Crippen LogP contribution in [0.5, 0.6) is 0 Å². The van der Waals surface area contributed by atoms with Crippen LogP contribution < -0.4 is 10.2 Å². The van der Waals surface area contributed by atoms with E-state index in [1.807, 2.05) is 6.07 Å². The number of fused-ring (bicyclic) bond motifs is 1. The lowest BCUT2D eigenvalue weighted by Crippen LogP contribution is -2.28. The normalized spacial score (nSPS) is 16.5. The van der Waals surface area contributed by atoms with E-state index in [2.05, 4.69) is 20.4 Å². The number of hydrogen-bond acceptors (Lipinski definition) is 6. The average molecular weight is 361 g/mol. The van der Waals surface area contributed by atoms with E-state index in [-0.39, 0.29) is 17.5 Å². The SMILES string of the molecule is CNC(=O)c1cc(-c2cn3nccc3c(N3CCC(C#N)C3=O)n2)ccn1. The molecule has 27 heavy (non-hydrogen) atoms. The summed E-state index contributed by atoms with van der Waals surface area (Å²) in [4.78, 5) is 34.6. The molecule has 9 nitrogen and oxygen atoms in total. The smallest absolute Gasteiger partial charge is 0.269 e. The van der Waals surface area contributed by atoms with Crippen LogP contribution >= 0.6 is 0 Å². The first-order valence-corrected chi connectivity index (χ1v) is 8.36. The molecule has 3 aromatic heterocycles. The summed E-state index contributed by atoms with van der Waals surface area (Å²) in [5, 5.41) is 15.9. The van der Waals surface area contributed by atoms with Gasteiger partial charge in [-0.25, -0.2) is 9.50 Å². The third-order valence-electron chi connectivity index (χ3n) is 4.50. The van der Waals surface area contributed by atoms with E-state index in [1.165, 1.54) is 18.1 Å². The standard InChI is InChI=1S/C18H15N7O2/c1-20-17(26)13-8-11(2-5-21-13)14-10-25-15(3-6-22-25)16(23-14)24-7-4-12(9-19)18(24)27/h2-3,5-6,8,10,12H,4,7H2,1H3,(H,20,26). The minimum Gasteiger partial charge on any atom is -0.354 e. The minimum atomic E-state index is -0.654. The highest BCUT2D eigenvalue weighted by Gasteiger charge is 2.34. The number of anilines is 1. The van der Waals surface area contributed by atoms with Crippen LogP contribution in [0.15, 0.2) is 36.8 Å². The van der Waals surface area contributed by atoms with Crippen LogP contribution in [0.25, 0.3) is 16.8 Å². The third-order valence-corrected chi connectivity index (χ3v) is 4.50. The maximum absolute atomic E-state index is 12.5. The maximum Gasteiger partial charge on any atom is 0.269 e. The van der Waals surface area contributed by atoms with Crippen molar-refractivity contribution in [3.05, 3.63) is 42.5 Å². The second-order valence-electron chi connectivity index (χ2n) is 6.08. The van der Waals surface area contributed by atoms with Crippen molar-refractivity contribution in [3.63, 3.8) is 0 Å². The molecule has 2 amide bonds. The van der Waals surface area contributed by atoms with Crippen molar-refractivity contribution in [2.24, 2.45) is 5.92 Å². The highest BCUT2D eigenvalue weighted by Crippen LogP contribution is 2.29. The molecule has 0 bridgehead atoms. The second kappa shape index (κ2) is 6.49. The average Bonchev–Trinajstić information content (AvgIpc) is 3.32. The number of nitriles is 1. The van der Waals surface area contributed by atoms with Gasteiger partial charge in [0, 0.05) is 25.4 Å². The molecular weight excluding hydrogens is 346 g/mol. The van der Waals surface area contributed by atoms with Crippen LogP contribution in [0.4, 0.5) is 5.82 Å². The molecule has 0 aliphatic carbocycles. The van der Waals surface area contributed by atoms with Crippen LogP contribution in [-0.2, 0) is 4.79 Å². The van der Waals surface area contributed by atoms with Crippen LogP contribution in [0, 0.1) is 17.2 Å². The fraction of sp³-hybridized carbons (Fsp3) is 0.222. The predicted molar refractivity (Wildman–Crippen MR) is 95.7 cm³/mol. The first kappa shape index (κ1) is 16.7. The van der Waals surface area contributed by atoms with Gasteiger partial charge in [-0.15, -0.1) is 0 Å². The fourth-order valence-corrected chi connectivity index (χ4v) is 3.10. The Morgan fingerprint density at radius 3 is 2.96 bits per heavy atom. The van der Waals surface area contributed by atoms with Crippen molar-refractivity contribution < 1.29 is 9.59 Å². The van der Waals surface area contributed by atoms with E-state index < -0.39 is 5.92 Å². The molecule has 1 fully saturated rings. The summed E-state index contributed by atoms with van der Waals surface area (Å²) in [6.45, 7) is 0.425. The monoisotopic (exact) mass is 361 g/mol. The molecule has 1 atom stereocenters. The Morgan fingerprint density at radius 1 is 1.37 bits per heavy atom. The molecule has 9 heteroatoms. The molecule has 1 saturated heterocycles. The van der Waals surface area contributed by atoms with Gasteiger partial charge >= 0.3 is 0 Å². The molecule has 4 rings (SSSR count). The third kappa shape index (κ3) is 2.77. The Morgan fingerprint density at radius 2 is 2.22 bits per heavy atom. The number of nitrogens with zero attached hydrogens (tertiary/aromatic N) is 6. The van der Waals surface area contributed by atoms with E-state index in [1.54, 1.807) is 35.1 Å². The van der Waals surface area contributed by atoms with Crippen LogP contribution in [0.2, 0.25) is 0 Å². The van der Waals surface area contributed by atoms with Gasteiger partial charge < -0.3 is 5.32 Å². The lowest BCUT2D eigenvalue weighted by molar-refractivity contribution is -0.119. The van der Waals surface area contributed by atoms with Gasteiger partial charge in [-0.3, -0.25) is 19.5 Å². The summed E-state index contributed by atoms with van der Waals surface area (Å²) in [6.07, 6.45) is 5.35. The molecule has 1 aliphatic heterocycles. The lowest BCUT2D eigenvalue weighted by Gasteiger charge is -2.17. The van der Waals surface area contributed by atoms with Crippen molar-refractivity contribution in [1.29, 1.82) is 5.26 Å². The van der Waals surface area contributed by atoms with Gasteiger partial charge in [-0.2, -0.15) is 10.4 Å². The summed E-state index contributed by atoms with van der Waals surface area (Å²) in [5.74, 6) is -0.764. The summed E-state index contributed by atoms with van der Waals surface area (Å²) in [5.41, 5.74) is 2.15. The molecule has 4 heterocycles. The van der Waals surface area contributed by atoms with E-state index in [9.17, 15) is 9.59 Å². The first-order valence-electron chi connectivity index (χ1n) is 8.36. The van der Waals surface area contributed by atoms with Crippen LogP contribution in [0.3, 0.4) is 0 Å². The predicted octanol–water partition coefficient (Wildman–Crippen LogP) is 1.03. The number of carbonyl (C=O) groups is 2. The van der Waals surface area contributed by atoms with E-state index in [4.69, 9.17) is 5.26 Å². The number of rotatable bonds is 3. The number of carbonyl (C=O) groups excluding carboxylic acids is 2. The number of nitrogens with one attached hydrogen (secondary N) is 1. The van der Waals surface area contributed by atoms with E-state index >= 15 is 0 Å². The largest absolute Gasteiger partial charge is 0.354 e. The number of aromatic nitrogens is 4. The Bertz CT molecular complexity index is 1100. The van der Waals surface area contributed by atoms with E-state index in [0.29, 0.717) is 35.6 Å². The fourth-order valence-electron chi connectivity index (χ4n) is 3.10. The van der Waals surface area contributed by atoms with Crippen molar-refractivity contribution in [1.82, 2.24) is 24.9 Å². The summed E-state index contributed by atoms with van der Waals surface area (Å²) >= 11 is 0. The molecule has 0 spiro atoms. The first-order chi connectivity index (χ1) is 13.1. The molecule has 1 aliphatic rings. The molecule has 1 N–H and O–H groups in total. The van der Waals surface area contributed by atoms with Gasteiger partial charge in [0.15, 0.2) is 5.82 Å². The van der Waals surface area contributed by atoms with Crippen molar-refractivity contribution in [3.8, 4) is 17.3 Å². The van der Waals surface area contributed by atoms with Gasteiger partial charge in [0.2, 0.25) is 5.91 Å². The second-order valence-corrected chi connectivity index (χ2v) is 6.08. The maximum atomic E-state index is 12.5. The van der Waals surface area contributed by atoms with E-state index in [0.717, 1.165) is 0 Å². The molecule has 0 saturated carbocycles. The molecule has 0 aromatic carbocycles. The van der Waals surface area contributed by atoms with Gasteiger partial charge in [0.05, 0.1) is 24.2 Å². The van der Waals surface area contributed by atoms with Crippen LogP contribution in [-0.4, -0.2) is 45.0 Å². The minimum absolute atomic E-state index is 0.258. The zero-order chi connectivity index (χ0) is 19.0. The Balaban J connectivity index is 1.84. The zero-order valence-electron chi connectivity index (χ0n) is 14.5. The number of amides is 2. The lowest BCUT2D eigenvalue weighted by atomic mass is 10.1. The number of hydrogen-bond donors (Lipinski definition) is 1. The van der Waals surface area contributed by atoms with Gasteiger partial charge in [-0.05, 0) is 24.6 Å². The van der Waals surface area contributed by atoms with Crippen LogP contribution in [0.1, 0.15) is 16.9 Å². The molecule has 1 unspecified atom stereocenters.